The van der Waals surface area contributed by atoms with Crippen LogP contribution in [0, 0.1) is 5.92 Å². The Bertz CT molecular complexity index is 147. The molecule has 1 aliphatic rings. The fourth-order valence-electron chi connectivity index (χ4n) is 0.706. The Labute approximate surface area is 61.9 Å². The first-order chi connectivity index (χ1) is 4.70. The summed E-state index contributed by atoms with van der Waals surface area (Å²) in [4.78, 5) is 10.5. The van der Waals surface area contributed by atoms with Crippen LogP contribution in [0.25, 0.3) is 0 Å². The van der Waals surface area contributed by atoms with Crippen molar-refractivity contribution >= 4 is 5.97 Å². The molecule has 0 saturated carbocycles. The molecule has 0 amide bonds. The van der Waals surface area contributed by atoms with Gasteiger partial charge in [0, 0.05) is 0 Å². The summed E-state index contributed by atoms with van der Waals surface area (Å²) in [6.45, 7) is 7.60. The molecule has 0 aromatic rings. The lowest BCUT2D eigenvalue weighted by Gasteiger charge is -1.91. The Morgan fingerprint density at radius 3 is 2.10 bits per heavy atom. The number of hydrogen-bond donors (Lipinski definition) is 0. The summed E-state index contributed by atoms with van der Waals surface area (Å²) < 4.78 is 4.70. The third kappa shape index (κ3) is 2.21. The van der Waals surface area contributed by atoms with Crippen LogP contribution in [-0.2, 0) is 9.53 Å². The number of hydrogen-bond acceptors (Lipinski definition) is 2. The summed E-state index contributed by atoms with van der Waals surface area (Å²) in [5.41, 5.74) is 0. The van der Waals surface area contributed by atoms with Crippen molar-refractivity contribution in [1.82, 2.24) is 0 Å². The number of cyclic esters (lactones) is 1. The average Bonchev–Trinajstić information content (AvgIpc) is 2.16. The molecule has 58 valence electrons. The normalized spacial score (nSPS) is 22.6. The lowest BCUT2D eigenvalue weighted by molar-refractivity contribution is -0.139. The smallest absolute Gasteiger partial charge is 0.317 e. The van der Waals surface area contributed by atoms with Gasteiger partial charge < -0.3 is 4.74 Å². The first-order valence-electron chi connectivity index (χ1n) is 3.60. The van der Waals surface area contributed by atoms with Gasteiger partial charge in [0.2, 0.25) is 0 Å². The van der Waals surface area contributed by atoms with E-state index in [0.717, 1.165) is 5.76 Å². The standard InChI is InChI=1S/C6H8O2.C2H6/c1-4-3-5(2)8-6(4)7;1-2/h3-4H,1-2H3;1-2H3. The second-order valence-corrected chi connectivity index (χ2v) is 1.99. The van der Waals surface area contributed by atoms with Crippen molar-refractivity contribution in [3.63, 3.8) is 0 Å². The van der Waals surface area contributed by atoms with Gasteiger partial charge in [-0.25, -0.2) is 0 Å². The zero-order valence-electron chi connectivity index (χ0n) is 6.97. The molecule has 0 fully saturated rings. The van der Waals surface area contributed by atoms with Crippen LogP contribution in [0.1, 0.15) is 27.7 Å². The Morgan fingerprint density at radius 2 is 2.00 bits per heavy atom. The predicted octanol–water partition coefficient (Wildman–Crippen LogP) is 2.11. The van der Waals surface area contributed by atoms with E-state index in [1.54, 1.807) is 6.92 Å². The van der Waals surface area contributed by atoms with Crippen LogP contribution in [0.2, 0.25) is 0 Å². The Kier molecular flexibility index (Phi) is 3.77. The van der Waals surface area contributed by atoms with Crippen LogP contribution in [0.15, 0.2) is 11.8 Å². The summed E-state index contributed by atoms with van der Waals surface area (Å²) in [6, 6.07) is 0. The SMILES string of the molecule is CC.CC1=CC(C)C(=O)O1. The molecule has 0 saturated heterocycles. The fourth-order valence-corrected chi connectivity index (χ4v) is 0.706. The summed E-state index contributed by atoms with van der Waals surface area (Å²) in [7, 11) is 0. The van der Waals surface area contributed by atoms with Gasteiger partial charge in [0.15, 0.2) is 0 Å². The number of ether oxygens (including phenoxy) is 1. The van der Waals surface area contributed by atoms with Crippen molar-refractivity contribution in [3.05, 3.63) is 11.8 Å². The minimum Gasteiger partial charge on any atom is -0.431 e. The summed E-state index contributed by atoms with van der Waals surface area (Å²) >= 11 is 0. The van der Waals surface area contributed by atoms with E-state index in [2.05, 4.69) is 0 Å². The van der Waals surface area contributed by atoms with E-state index in [0.29, 0.717) is 0 Å². The molecule has 0 spiro atoms. The van der Waals surface area contributed by atoms with Crippen LogP contribution in [-0.4, -0.2) is 5.97 Å². The van der Waals surface area contributed by atoms with Crippen molar-refractivity contribution in [1.29, 1.82) is 0 Å². The number of carbonyl (C=O) groups excluding carboxylic acids is 1. The molecular weight excluding hydrogens is 128 g/mol. The van der Waals surface area contributed by atoms with E-state index < -0.39 is 0 Å². The van der Waals surface area contributed by atoms with E-state index in [1.165, 1.54) is 0 Å². The quantitative estimate of drug-likeness (QED) is 0.484. The van der Waals surface area contributed by atoms with E-state index in [-0.39, 0.29) is 11.9 Å². The van der Waals surface area contributed by atoms with Crippen LogP contribution in [0.4, 0.5) is 0 Å². The molecule has 1 rings (SSSR count). The largest absolute Gasteiger partial charge is 0.431 e. The van der Waals surface area contributed by atoms with Gasteiger partial charge >= 0.3 is 5.97 Å². The molecule has 2 heteroatoms. The van der Waals surface area contributed by atoms with Crippen LogP contribution in [0.3, 0.4) is 0 Å². The highest BCUT2D eigenvalue weighted by molar-refractivity contribution is 5.77. The van der Waals surface area contributed by atoms with Crippen molar-refractivity contribution in [2.24, 2.45) is 5.92 Å². The summed E-state index contributed by atoms with van der Waals surface area (Å²) in [6.07, 6.45) is 1.81. The summed E-state index contributed by atoms with van der Waals surface area (Å²) in [5, 5.41) is 0. The van der Waals surface area contributed by atoms with E-state index in [9.17, 15) is 4.79 Å². The Balaban J connectivity index is 0.000000371. The molecule has 0 aromatic carbocycles. The van der Waals surface area contributed by atoms with Gasteiger partial charge in [-0.05, 0) is 19.9 Å². The fraction of sp³-hybridized carbons (Fsp3) is 0.625. The molecule has 0 aromatic heterocycles. The highest BCUT2D eigenvalue weighted by Gasteiger charge is 2.19. The van der Waals surface area contributed by atoms with Gasteiger partial charge in [0.25, 0.3) is 0 Å². The first-order valence-corrected chi connectivity index (χ1v) is 3.60. The van der Waals surface area contributed by atoms with Crippen LogP contribution in [0.5, 0.6) is 0 Å². The van der Waals surface area contributed by atoms with Gasteiger partial charge in [-0.15, -0.1) is 0 Å². The molecule has 2 nitrogen and oxygen atoms in total. The number of rotatable bonds is 0. The second-order valence-electron chi connectivity index (χ2n) is 1.99. The lowest BCUT2D eigenvalue weighted by Crippen LogP contribution is -2.02. The zero-order chi connectivity index (χ0) is 8.15. The van der Waals surface area contributed by atoms with Crippen molar-refractivity contribution < 1.29 is 9.53 Å². The predicted molar refractivity (Wildman–Crippen MR) is 40.4 cm³/mol. The lowest BCUT2D eigenvalue weighted by atomic mass is 10.2. The van der Waals surface area contributed by atoms with Crippen molar-refractivity contribution in [2.75, 3.05) is 0 Å². The maximum atomic E-state index is 10.5. The number of esters is 1. The topological polar surface area (TPSA) is 26.3 Å². The summed E-state index contributed by atoms with van der Waals surface area (Å²) in [5.74, 6) is 0.556. The maximum Gasteiger partial charge on any atom is 0.317 e. The van der Waals surface area contributed by atoms with Gasteiger partial charge in [-0.3, -0.25) is 4.79 Å². The van der Waals surface area contributed by atoms with Gasteiger partial charge in [0.05, 0.1) is 5.92 Å². The number of allylic oxidation sites excluding steroid dienone is 1. The molecule has 0 N–H and O–H groups in total. The van der Waals surface area contributed by atoms with Crippen molar-refractivity contribution in [2.45, 2.75) is 27.7 Å². The van der Waals surface area contributed by atoms with E-state index >= 15 is 0 Å². The third-order valence-electron chi connectivity index (χ3n) is 1.12. The number of carbonyl (C=O) groups is 1. The average molecular weight is 142 g/mol. The molecule has 0 aliphatic carbocycles. The highest BCUT2D eigenvalue weighted by Crippen LogP contribution is 2.15. The highest BCUT2D eigenvalue weighted by atomic mass is 16.5. The molecular formula is C8H14O2. The molecule has 0 bridgehead atoms. The third-order valence-corrected chi connectivity index (χ3v) is 1.12. The maximum absolute atomic E-state index is 10.5. The zero-order valence-corrected chi connectivity index (χ0v) is 6.97. The van der Waals surface area contributed by atoms with Gasteiger partial charge in [-0.1, -0.05) is 13.8 Å². The molecule has 0 radical (unpaired) electrons. The van der Waals surface area contributed by atoms with Gasteiger partial charge in [0.1, 0.15) is 5.76 Å². The van der Waals surface area contributed by atoms with Crippen LogP contribution >= 0.6 is 0 Å². The Hall–Kier alpha value is -0.790. The van der Waals surface area contributed by atoms with Crippen molar-refractivity contribution in [3.8, 4) is 0 Å². The molecule has 1 atom stereocenters. The second kappa shape index (κ2) is 4.09. The molecule has 1 heterocycles. The first kappa shape index (κ1) is 9.21. The monoisotopic (exact) mass is 142 g/mol. The van der Waals surface area contributed by atoms with Gasteiger partial charge in [-0.2, -0.15) is 0 Å². The van der Waals surface area contributed by atoms with E-state index in [1.807, 2.05) is 26.8 Å². The molecule has 1 aliphatic heterocycles. The molecule has 1 unspecified atom stereocenters. The Morgan fingerprint density at radius 1 is 1.50 bits per heavy atom. The minimum atomic E-state index is -0.137. The minimum absolute atomic E-state index is 0.0324. The molecule has 10 heavy (non-hydrogen) atoms. The van der Waals surface area contributed by atoms with Crippen LogP contribution < -0.4 is 0 Å². The van der Waals surface area contributed by atoms with E-state index in [4.69, 9.17) is 4.74 Å².